The molecule has 1 aromatic carbocycles. The summed E-state index contributed by atoms with van der Waals surface area (Å²) in [5.74, 6) is -1.28. The fourth-order valence-electron chi connectivity index (χ4n) is 1.29. The van der Waals surface area contributed by atoms with E-state index >= 15 is 0 Å². The molecular weight excluding hydrogens is 335 g/mol. The molecule has 0 bridgehead atoms. The van der Waals surface area contributed by atoms with Gasteiger partial charge in [-0.25, -0.2) is 9.59 Å². The van der Waals surface area contributed by atoms with Crippen molar-refractivity contribution in [1.29, 1.82) is 0 Å². The number of hydrogen-bond donors (Lipinski definition) is 2. The van der Waals surface area contributed by atoms with Gasteiger partial charge in [0.25, 0.3) is 5.91 Å². The van der Waals surface area contributed by atoms with Gasteiger partial charge in [0.1, 0.15) is 5.75 Å². The summed E-state index contributed by atoms with van der Waals surface area (Å²) in [6, 6.07) is 3.81. The Bertz CT molecular complexity index is 580. The van der Waals surface area contributed by atoms with E-state index in [1.807, 2.05) is 5.32 Å². The van der Waals surface area contributed by atoms with E-state index in [4.69, 9.17) is 32.7 Å². The van der Waals surface area contributed by atoms with Crippen molar-refractivity contribution >= 4 is 41.1 Å². The highest BCUT2D eigenvalue weighted by atomic mass is 35.5. The Morgan fingerprint density at radius 1 is 1.27 bits per heavy atom. The molecule has 0 unspecified atom stereocenters. The second-order valence-corrected chi connectivity index (χ2v) is 4.91. The molecule has 0 saturated carbocycles. The molecule has 0 radical (unpaired) electrons. The summed E-state index contributed by atoms with van der Waals surface area (Å²) in [4.78, 5) is 34.0. The minimum Gasteiger partial charge on any atom is -0.480 e. The van der Waals surface area contributed by atoms with Crippen LogP contribution in [0.4, 0.5) is 4.79 Å². The van der Waals surface area contributed by atoms with E-state index in [1.165, 1.54) is 26.1 Å². The molecule has 22 heavy (non-hydrogen) atoms. The molecule has 7 nitrogen and oxygen atoms in total. The fourth-order valence-corrected chi connectivity index (χ4v) is 1.75. The lowest BCUT2D eigenvalue weighted by Crippen LogP contribution is -2.43. The maximum atomic E-state index is 11.6. The number of carbonyl (C=O) groups is 3. The van der Waals surface area contributed by atoms with Gasteiger partial charge in [-0.15, -0.1) is 0 Å². The molecule has 0 aliphatic heterocycles. The minimum atomic E-state index is -1.14. The lowest BCUT2D eigenvalue weighted by atomic mass is 10.3. The van der Waals surface area contributed by atoms with Crippen LogP contribution in [0.1, 0.15) is 6.92 Å². The number of nitrogens with one attached hydrogen (secondary N) is 2. The second kappa shape index (κ2) is 8.45. The highest BCUT2D eigenvalue weighted by Gasteiger charge is 2.20. The number of benzene rings is 1. The van der Waals surface area contributed by atoms with E-state index in [2.05, 4.69) is 5.32 Å². The van der Waals surface area contributed by atoms with E-state index < -0.39 is 30.6 Å². The van der Waals surface area contributed by atoms with Crippen LogP contribution in [-0.2, 0) is 14.3 Å². The van der Waals surface area contributed by atoms with Crippen LogP contribution in [0.5, 0.6) is 5.75 Å². The molecule has 0 heterocycles. The predicted molar refractivity (Wildman–Crippen MR) is 80.1 cm³/mol. The van der Waals surface area contributed by atoms with Gasteiger partial charge in [-0.2, -0.15) is 0 Å². The summed E-state index contributed by atoms with van der Waals surface area (Å²) in [5, 5.41) is 4.85. The van der Waals surface area contributed by atoms with Gasteiger partial charge in [-0.3, -0.25) is 10.1 Å². The van der Waals surface area contributed by atoms with Crippen molar-refractivity contribution in [3.8, 4) is 5.75 Å². The highest BCUT2D eigenvalue weighted by Crippen LogP contribution is 2.27. The Balaban J connectivity index is 2.45. The number of hydrogen-bond acceptors (Lipinski definition) is 5. The summed E-state index contributed by atoms with van der Waals surface area (Å²) in [6.45, 7) is 0.879. The number of imide groups is 1. The number of amides is 3. The Kier molecular flexibility index (Phi) is 6.94. The maximum Gasteiger partial charge on any atom is 0.344 e. The molecule has 0 saturated heterocycles. The van der Waals surface area contributed by atoms with Crippen LogP contribution < -0.4 is 15.4 Å². The normalized spacial score (nSPS) is 11.3. The molecule has 2 N–H and O–H groups in total. The molecule has 1 rings (SSSR count). The lowest BCUT2D eigenvalue weighted by molar-refractivity contribution is -0.156. The van der Waals surface area contributed by atoms with Crippen molar-refractivity contribution in [3.05, 3.63) is 28.2 Å². The summed E-state index contributed by atoms with van der Waals surface area (Å²) in [5.41, 5.74) is 0. The molecule has 0 fully saturated rings. The average Bonchev–Trinajstić information content (AvgIpc) is 2.45. The van der Waals surface area contributed by atoms with Crippen molar-refractivity contribution < 1.29 is 23.9 Å². The minimum absolute atomic E-state index is 0.241. The van der Waals surface area contributed by atoms with E-state index in [1.54, 1.807) is 6.07 Å². The first-order valence-corrected chi connectivity index (χ1v) is 6.89. The number of urea groups is 1. The molecule has 1 aromatic rings. The third kappa shape index (κ3) is 5.79. The van der Waals surface area contributed by atoms with Crippen LogP contribution in [0.15, 0.2) is 18.2 Å². The van der Waals surface area contributed by atoms with Crippen LogP contribution in [0.2, 0.25) is 10.0 Å². The van der Waals surface area contributed by atoms with Crippen LogP contribution in [-0.4, -0.2) is 37.7 Å². The Labute approximate surface area is 136 Å². The van der Waals surface area contributed by atoms with Gasteiger partial charge in [-0.1, -0.05) is 23.2 Å². The maximum absolute atomic E-state index is 11.6. The zero-order valence-electron chi connectivity index (χ0n) is 11.8. The van der Waals surface area contributed by atoms with E-state index in [-0.39, 0.29) is 10.8 Å². The van der Waals surface area contributed by atoms with Crippen molar-refractivity contribution in [1.82, 2.24) is 10.6 Å². The van der Waals surface area contributed by atoms with Crippen molar-refractivity contribution in [2.75, 3.05) is 13.7 Å². The molecule has 0 aliphatic carbocycles. The van der Waals surface area contributed by atoms with Gasteiger partial charge in [-0.05, 0) is 25.1 Å². The molecule has 0 aliphatic rings. The number of ether oxygens (including phenoxy) is 2. The van der Waals surface area contributed by atoms with E-state index in [0.29, 0.717) is 5.02 Å². The summed E-state index contributed by atoms with van der Waals surface area (Å²) in [7, 11) is 1.35. The quantitative estimate of drug-likeness (QED) is 0.790. The van der Waals surface area contributed by atoms with Crippen LogP contribution >= 0.6 is 23.2 Å². The van der Waals surface area contributed by atoms with Gasteiger partial charge in [0.2, 0.25) is 0 Å². The first-order chi connectivity index (χ1) is 10.3. The monoisotopic (exact) mass is 348 g/mol. The third-order valence-electron chi connectivity index (χ3n) is 2.38. The topological polar surface area (TPSA) is 93.7 Å². The first-order valence-electron chi connectivity index (χ1n) is 6.13. The molecular formula is C13H14Cl2N2O5. The summed E-state index contributed by atoms with van der Waals surface area (Å²) < 4.78 is 9.98. The van der Waals surface area contributed by atoms with Crippen molar-refractivity contribution in [2.45, 2.75) is 13.0 Å². The zero-order chi connectivity index (χ0) is 16.7. The standard InChI is InChI=1S/C13H14Cl2N2O5/c1-7(12(19)17-13(20)16-2)22-11(18)6-21-10-4-3-8(14)5-9(10)15/h3-5,7H,6H2,1-2H3,(H2,16,17,19,20)/t7-/m0/s1. The van der Waals surface area contributed by atoms with Gasteiger partial charge in [0.05, 0.1) is 5.02 Å². The Morgan fingerprint density at radius 2 is 1.95 bits per heavy atom. The van der Waals surface area contributed by atoms with Gasteiger partial charge in [0.15, 0.2) is 12.7 Å². The second-order valence-electron chi connectivity index (χ2n) is 4.06. The fraction of sp³-hybridized carbons (Fsp3) is 0.308. The van der Waals surface area contributed by atoms with Gasteiger partial charge < -0.3 is 14.8 Å². The van der Waals surface area contributed by atoms with Crippen LogP contribution in [0.3, 0.4) is 0 Å². The van der Waals surface area contributed by atoms with Crippen molar-refractivity contribution in [3.63, 3.8) is 0 Å². The highest BCUT2D eigenvalue weighted by molar-refractivity contribution is 6.35. The molecule has 0 spiro atoms. The molecule has 1 atom stereocenters. The summed E-state index contributed by atoms with van der Waals surface area (Å²) >= 11 is 11.6. The SMILES string of the molecule is CNC(=O)NC(=O)[C@H](C)OC(=O)COc1ccc(Cl)cc1Cl. The van der Waals surface area contributed by atoms with Gasteiger partial charge >= 0.3 is 12.0 Å². The zero-order valence-corrected chi connectivity index (χ0v) is 13.3. The molecule has 9 heteroatoms. The third-order valence-corrected chi connectivity index (χ3v) is 2.91. The smallest absolute Gasteiger partial charge is 0.344 e. The first kappa shape index (κ1) is 18.1. The number of halogens is 2. The Morgan fingerprint density at radius 3 is 2.55 bits per heavy atom. The van der Waals surface area contributed by atoms with Crippen molar-refractivity contribution in [2.24, 2.45) is 0 Å². The van der Waals surface area contributed by atoms with E-state index in [9.17, 15) is 14.4 Å². The Hall–Kier alpha value is -1.99. The number of rotatable bonds is 5. The van der Waals surface area contributed by atoms with Gasteiger partial charge in [0, 0.05) is 12.1 Å². The number of esters is 1. The number of carbonyl (C=O) groups excluding carboxylic acids is 3. The predicted octanol–water partition coefficient (Wildman–Crippen LogP) is 1.76. The van der Waals surface area contributed by atoms with Crippen LogP contribution in [0, 0.1) is 0 Å². The summed E-state index contributed by atoms with van der Waals surface area (Å²) in [6.07, 6.45) is -1.14. The van der Waals surface area contributed by atoms with Crippen LogP contribution in [0.25, 0.3) is 0 Å². The molecule has 3 amide bonds. The largest absolute Gasteiger partial charge is 0.480 e. The molecule has 0 aromatic heterocycles. The molecule has 120 valence electrons. The average molecular weight is 349 g/mol. The van der Waals surface area contributed by atoms with E-state index in [0.717, 1.165) is 0 Å². The lowest BCUT2D eigenvalue weighted by Gasteiger charge is -2.13.